The lowest BCUT2D eigenvalue weighted by Crippen LogP contribution is -2.48. The maximum atomic E-state index is 13.7. The zero-order valence-electron chi connectivity index (χ0n) is 19.1. The molecule has 1 aliphatic carbocycles. The van der Waals surface area contributed by atoms with Crippen molar-refractivity contribution >= 4 is 11.8 Å². The molecule has 2 aromatic rings. The number of carbonyl (C=O) groups is 2. The summed E-state index contributed by atoms with van der Waals surface area (Å²) in [4.78, 5) is 31.7. The minimum Gasteiger partial charge on any atom is -0.355 e. The summed E-state index contributed by atoms with van der Waals surface area (Å²) in [5.74, 6) is -0.304. The molecule has 0 bridgehead atoms. The Morgan fingerprint density at radius 1 is 1.09 bits per heavy atom. The summed E-state index contributed by atoms with van der Waals surface area (Å²) >= 11 is 0. The fourth-order valence-electron chi connectivity index (χ4n) is 5.61. The third kappa shape index (κ3) is 3.95. The van der Waals surface area contributed by atoms with Gasteiger partial charge in [0.2, 0.25) is 5.91 Å². The van der Waals surface area contributed by atoms with Crippen molar-refractivity contribution in [2.75, 3.05) is 20.1 Å². The van der Waals surface area contributed by atoms with Gasteiger partial charge in [-0.3, -0.25) is 9.59 Å². The second-order valence-electron chi connectivity index (χ2n) is 9.72. The molecule has 2 aliphatic heterocycles. The maximum absolute atomic E-state index is 13.7. The number of carbonyl (C=O) groups excluding carboxylic acids is 2. The van der Waals surface area contributed by atoms with Gasteiger partial charge >= 0.3 is 0 Å². The molecule has 168 valence electrons. The Hall–Kier alpha value is -2.66. The van der Waals surface area contributed by atoms with Crippen LogP contribution in [0.3, 0.4) is 0 Å². The number of hydrogen-bond acceptors (Lipinski definition) is 3. The highest BCUT2D eigenvalue weighted by atomic mass is 16.2. The maximum Gasteiger partial charge on any atom is 0.254 e. The number of likely N-dealkylation sites (tertiary alicyclic amines) is 1. The van der Waals surface area contributed by atoms with Gasteiger partial charge in [-0.05, 0) is 69.8 Å². The molecule has 0 aromatic heterocycles. The second-order valence-corrected chi connectivity index (χ2v) is 9.72. The van der Waals surface area contributed by atoms with Gasteiger partial charge in [0.05, 0.1) is 12.0 Å². The molecule has 1 N–H and O–H groups in total. The molecule has 32 heavy (non-hydrogen) atoms. The Labute approximate surface area is 190 Å². The van der Waals surface area contributed by atoms with Crippen molar-refractivity contribution in [3.8, 4) is 0 Å². The average molecular weight is 432 g/mol. The molecule has 1 saturated carbocycles. The predicted octanol–water partition coefficient (Wildman–Crippen LogP) is 4.04. The zero-order chi connectivity index (χ0) is 22.2. The van der Waals surface area contributed by atoms with E-state index in [2.05, 4.69) is 42.4 Å². The number of hydrogen-bond donors (Lipinski definition) is 1. The van der Waals surface area contributed by atoms with Gasteiger partial charge in [-0.25, -0.2) is 0 Å². The third-order valence-electron chi connectivity index (χ3n) is 7.43. The van der Waals surface area contributed by atoms with Crippen LogP contribution < -0.4 is 5.32 Å². The number of nitrogens with zero attached hydrogens (tertiary/aromatic N) is 2. The lowest BCUT2D eigenvalue weighted by molar-refractivity contribution is -0.124. The molecule has 5 nitrogen and oxygen atoms in total. The summed E-state index contributed by atoms with van der Waals surface area (Å²) in [7, 11) is 2.17. The van der Waals surface area contributed by atoms with Crippen LogP contribution in [0, 0.1) is 6.92 Å². The molecule has 2 heterocycles. The molecule has 1 saturated heterocycles. The SMILES string of the molecule is Cc1cccc(C2C(C(=O)NCCC3CCCN3C)c3ccccc3C(=O)N2C2CC2)c1. The first kappa shape index (κ1) is 21.2. The van der Waals surface area contributed by atoms with Gasteiger partial charge < -0.3 is 15.1 Å². The van der Waals surface area contributed by atoms with E-state index in [-0.39, 0.29) is 23.9 Å². The molecule has 3 aliphatic rings. The molecule has 2 amide bonds. The van der Waals surface area contributed by atoms with Crippen LogP contribution in [0.1, 0.15) is 71.1 Å². The van der Waals surface area contributed by atoms with Crippen LogP contribution in [-0.4, -0.2) is 53.8 Å². The third-order valence-corrected chi connectivity index (χ3v) is 7.43. The summed E-state index contributed by atoms with van der Waals surface area (Å²) in [5, 5.41) is 3.25. The Morgan fingerprint density at radius 2 is 1.91 bits per heavy atom. The lowest BCUT2D eigenvalue weighted by atomic mass is 9.78. The van der Waals surface area contributed by atoms with Crippen molar-refractivity contribution < 1.29 is 9.59 Å². The van der Waals surface area contributed by atoms with Crippen molar-refractivity contribution in [1.82, 2.24) is 15.1 Å². The van der Waals surface area contributed by atoms with E-state index < -0.39 is 5.92 Å². The van der Waals surface area contributed by atoms with Crippen LogP contribution in [0.15, 0.2) is 48.5 Å². The quantitative estimate of drug-likeness (QED) is 0.751. The van der Waals surface area contributed by atoms with Gasteiger partial charge in [0.25, 0.3) is 5.91 Å². The van der Waals surface area contributed by atoms with Gasteiger partial charge in [0, 0.05) is 24.2 Å². The molecule has 0 radical (unpaired) electrons. The van der Waals surface area contributed by atoms with Crippen molar-refractivity contribution in [3.63, 3.8) is 0 Å². The van der Waals surface area contributed by atoms with Crippen LogP contribution in [0.4, 0.5) is 0 Å². The first-order valence-electron chi connectivity index (χ1n) is 12.0. The summed E-state index contributed by atoms with van der Waals surface area (Å²) < 4.78 is 0. The Morgan fingerprint density at radius 3 is 2.62 bits per heavy atom. The van der Waals surface area contributed by atoms with Crippen LogP contribution in [0.25, 0.3) is 0 Å². The molecule has 3 unspecified atom stereocenters. The summed E-state index contributed by atoms with van der Waals surface area (Å²) in [6.07, 6.45) is 5.43. The molecule has 3 atom stereocenters. The fraction of sp³-hybridized carbons (Fsp3) is 0.481. The van der Waals surface area contributed by atoms with Crippen LogP contribution >= 0.6 is 0 Å². The normalized spacial score (nSPS) is 25.6. The molecule has 0 spiro atoms. The van der Waals surface area contributed by atoms with Crippen molar-refractivity contribution in [2.45, 2.75) is 63.1 Å². The molecular formula is C27H33N3O2. The molecule has 2 fully saturated rings. The van der Waals surface area contributed by atoms with E-state index in [1.165, 1.54) is 12.8 Å². The highest BCUT2D eigenvalue weighted by Crippen LogP contribution is 2.47. The van der Waals surface area contributed by atoms with Gasteiger partial charge in [-0.2, -0.15) is 0 Å². The number of aryl methyl sites for hydroxylation is 1. The van der Waals surface area contributed by atoms with E-state index >= 15 is 0 Å². The predicted molar refractivity (Wildman–Crippen MR) is 126 cm³/mol. The van der Waals surface area contributed by atoms with Crippen molar-refractivity contribution in [1.29, 1.82) is 0 Å². The van der Waals surface area contributed by atoms with Crippen LogP contribution in [-0.2, 0) is 4.79 Å². The topological polar surface area (TPSA) is 52.7 Å². The van der Waals surface area contributed by atoms with Gasteiger partial charge in [0.15, 0.2) is 0 Å². The number of fused-ring (bicyclic) bond motifs is 1. The van der Waals surface area contributed by atoms with E-state index in [9.17, 15) is 9.59 Å². The minimum absolute atomic E-state index is 0.0303. The first-order chi connectivity index (χ1) is 15.5. The zero-order valence-corrected chi connectivity index (χ0v) is 19.1. The van der Waals surface area contributed by atoms with Gasteiger partial charge in [-0.1, -0.05) is 48.0 Å². The molecule has 5 rings (SSSR count). The number of benzene rings is 2. The van der Waals surface area contributed by atoms with E-state index in [0.29, 0.717) is 18.2 Å². The Balaban J connectivity index is 1.48. The largest absolute Gasteiger partial charge is 0.355 e. The molecule has 5 heteroatoms. The molecular weight excluding hydrogens is 398 g/mol. The Kier molecular flexibility index (Phi) is 5.76. The summed E-state index contributed by atoms with van der Waals surface area (Å²) in [6, 6.07) is 16.5. The van der Waals surface area contributed by atoms with E-state index in [4.69, 9.17) is 0 Å². The Bertz CT molecular complexity index is 1020. The average Bonchev–Trinajstić information content (AvgIpc) is 3.55. The second kappa shape index (κ2) is 8.70. The smallest absolute Gasteiger partial charge is 0.254 e. The van der Waals surface area contributed by atoms with Crippen LogP contribution in [0.2, 0.25) is 0 Å². The van der Waals surface area contributed by atoms with Gasteiger partial charge in [0.1, 0.15) is 0 Å². The monoisotopic (exact) mass is 431 g/mol. The van der Waals surface area contributed by atoms with E-state index in [1.54, 1.807) is 0 Å². The number of rotatable bonds is 6. The lowest BCUT2D eigenvalue weighted by Gasteiger charge is -2.42. The van der Waals surface area contributed by atoms with Gasteiger partial charge in [-0.15, -0.1) is 0 Å². The fourth-order valence-corrected chi connectivity index (χ4v) is 5.61. The highest BCUT2D eigenvalue weighted by molar-refractivity contribution is 6.01. The van der Waals surface area contributed by atoms with E-state index in [0.717, 1.165) is 42.5 Å². The van der Waals surface area contributed by atoms with E-state index in [1.807, 2.05) is 35.2 Å². The standard InChI is InChI=1S/C27H33N3O2/c1-18-7-5-8-19(17-18)25-24(26(31)28-15-14-20-9-6-16-29(20)2)22-10-3-4-11-23(22)27(32)30(25)21-12-13-21/h3-5,7-8,10-11,17,20-21,24-25H,6,9,12-16H2,1-2H3,(H,28,31). The summed E-state index contributed by atoms with van der Waals surface area (Å²) in [5.41, 5.74) is 3.73. The number of nitrogens with one attached hydrogen (secondary N) is 1. The summed E-state index contributed by atoms with van der Waals surface area (Å²) in [6.45, 7) is 3.88. The van der Waals surface area contributed by atoms with Crippen molar-refractivity contribution in [2.24, 2.45) is 0 Å². The number of amides is 2. The van der Waals surface area contributed by atoms with Crippen LogP contribution in [0.5, 0.6) is 0 Å². The minimum atomic E-state index is -0.396. The first-order valence-corrected chi connectivity index (χ1v) is 12.0. The molecule has 2 aromatic carbocycles. The van der Waals surface area contributed by atoms with Crippen molar-refractivity contribution in [3.05, 3.63) is 70.8 Å². The highest BCUT2D eigenvalue weighted by Gasteiger charge is 2.49.